The van der Waals surface area contributed by atoms with Crippen LogP contribution < -0.4 is 0 Å². The predicted octanol–water partition coefficient (Wildman–Crippen LogP) is 1.61. The molecule has 2 atom stereocenters. The van der Waals surface area contributed by atoms with Gasteiger partial charge in [0.15, 0.2) is 11.7 Å². The fourth-order valence-electron chi connectivity index (χ4n) is 2.30. The van der Waals surface area contributed by atoms with E-state index in [4.69, 9.17) is 4.42 Å². The van der Waals surface area contributed by atoms with Crippen LogP contribution in [0.2, 0.25) is 0 Å². The van der Waals surface area contributed by atoms with Crippen LogP contribution in [0.15, 0.2) is 10.6 Å². The van der Waals surface area contributed by atoms with Crippen molar-refractivity contribution in [3.05, 3.63) is 17.8 Å². The zero-order valence-corrected chi connectivity index (χ0v) is 10.0. The van der Waals surface area contributed by atoms with Gasteiger partial charge in [0.1, 0.15) is 6.10 Å². The summed E-state index contributed by atoms with van der Waals surface area (Å²) in [6.45, 7) is 4.01. The van der Waals surface area contributed by atoms with Crippen LogP contribution in [0.5, 0.6) is 0 Å². The molecule has 16 heavy (non-hydrogen) atoms. The van der Waals surface area contributed by atoms with Crippen LogP contribution in [0, 0.1) is 5.92 Å². The van der Waals surface area contributed by atoms with Gasteiger partial charge < -0.3 is 14.4 Å². The molecule has 0 bridgehead atoms. The summed E-state index contributed by atoms with van der Waals surface area (Å²) in [4.78, 5) is 6.57. The normalized spacial score (nSPS) is 24.6. The fraction of sp³-hybridized carbons (Fsp3) is 0.750. The Hall–Kier alpha value is -0.870. The number of aromatic nitrogens is 1. The molecule has 2 unspecified atom stereocenters. The van der Waals surface area contributed by atoms with Crippen molar-refractivity contribution < 1.29 is 9.52 Å². The minimum absolute atomic E-state index is 0.560. The molecule has 0 aromatic carbocycles. The van der Waals surface area contributed by atoms with E-state index in [-0.39, 0.29) is 0 Å². The van der Waals surface area contributed by atoms with Gasteiger partial charge in [0.05, 0.1) is 6.20 Å². The Balaban J connectivity index is 1.92. The molecule has 1 saturated heterocycles. The second-order valence-electron chi connectivity index (χ2n) is 4.81. The number of piperidine rings is 1. The van der Waals surface area contributed by atoms with Crippen LogP contribution >= 0.6 is 0 Å². The van der Waals surface area contributed by atoms with Crippen LogP contribution in [0.25, 0.3) is 0 Å². The van der Waals surface area contributed by atoms with Gasteiger partial charge in [-0.2, -0.15) is 0 Å². The second-order valence-corrected chi connectivity index (χ2v) is 4.81. The molecular formula is C12H20N2O2. The summed E-state index contributed by atoms with van der Waals surface area (Å²) in [5.74, 6) is 1.97. The maximum atomic E-state index is 9.34. The first kappa shape index (κ1) is 11.6. The molecule has 1 aromatic rings. The molecule has 1 aliphatic rings. The number of nitrogens with zero attached hydrogens (tertiary/aromatic N) is 2. The van der Waals surface area contributed by atoms with Gasteiger partial charge in [0.2, 0.25) is 0 Å². The maximum Gasteiger partial charge on any atom is 0.194 e. The monoisotopic (exact) mass is 224 g/mol. The van der Waals surface area contributed by atoms with Gasteiger partial charge in [-0.3, -0.25) is 0 Å². The molecule has 4 nitrogen and oxygen atoms in total. The SMILES string of the molecule is CC(O)c1cnc(CC2CCCN(C)C2)o1. The topological polar surface area (TPSA) is 49.5 Å². The lowest BCUT2D eigenvalue weighted by Gasteiger charge is -2.28. The third-order valence-corrected chi connectivity index (χ3v) is 3.17. The van der Waals surface area contributed by atoms with Gasteiger partial charge in [-0.25, -0.2) is 4.98 Å². The number of hydrogen-bond acceptors (Lipinski definition) is 4. The molecule has 0 amide bonds. The number of oxazole rings is 1. The summed E-state index contributed by atoms with van der Waals surface area (Å²) in [7, 11) is 2.16. The molecule has 4 heteroatoms. The molecule has 2 rings (SSSR count). The standard InChI is InChI=1S/C12H20N2O2/c1-9(15)11-7-13-12(16-11)6-10-4-3-5-14(2)8-10/h7,9-10,15H,3-6,8H2,1-2H3. The van der Waals surface area contributed by atoms with E-state index in [0.717, 1.165) is 18.9 Å². The summed E-state index contributed by atoms with van der Waals surface area (Å²) in [6.07, 6.45) is 4.46. The molecule has 0 spiro atoms. The first-order chi connectivity index (χ1) is 7.65. The smallest absolute Gasteiger partial charge is 0.194 e. The van der Waals surface area contributed by atoms with Crippen LogP contribution in [0.1, 0.15) is 37.5 Å². The Labute approximate surface area is 96.3 Å². The van der Waals surface area contributed by atoms with Crippen LogP contribution in [0.3, 0.4) is 0 Å². The van der Waals surface area contributed by atoms with Crippen molar-refractivity contribution in [3.8, 4) is 0 Å². The van der Waals surface area contributed by atoms with Gasteiger partial charge in [-0.1, -0.05) is 0 Å². The van der Waals surface area contributed by atoms with Gasteiger partial charge in [-0.05, 0) is 39.3 Å². The average molecular weight is 224 g/mol. The largest absolute Gasteiger partial charge is 0.443 e. The third-order valence-electron chi connectivity index (χ3n) is 3.17. The second kappa shape index (κ2) is 4.97. The fourth-order valence-corrected chi connectivity index (χ4v) is 2.30. The zero-order chi connectivity index (χ0) is 11.5. The molecule has 1 fully saturated rings. The number of aliphatic hydroxyl groups excluding tert-OH is 1. The number of likely N-dealkylation sites (tertiary alicyclic amines) is 1. The summed E-state index contributed by atoms with van der Waals surface area (Å²) in [5.41, 5.74) is 0. The highest BCUT2D eigenvalue weighted by Crippen LogP contribution is 2.21. The molecule has 2 heterocycles. The van der Waals surface area contributed by atoms with E-state index in [1.807, 2.05) is 0 Å². The Morgan fingerprint density at radius 2 is 2.50 bits per heavy atom. The van der Waals surface area contributed by atoms with E-state index in [2.05, 4.69) is 16.9 Å². The summed E-state index contributed by atoms with van der Waals surface area (Å²) in [6, 6.07) is 0. The van der Waals surface area contributed by atoms with E-state index in [0.29, 0.717) is 11.7 Å². The predicted molar refractivity (Wildman–Crippen MR) is 61.1 cm³/mol. The molecule has 1 aliphatic heterocycles. The first-order valence-corrected chi connectivity index (χ1v) is 5.96. The molecule has 0 aliphatic carbocycles. The highest BCUT2D eigenvalue weighted by atomic mass is 16.4. The van der Waals surface area contributed by atoms with E-state index in [9.17, 15) is 5.11 Å². The van der Waals surface area contributed by atoms with Crippen molar-refractivity contribution in [3.63, 3.8) is 0 Å². The van der Waals surface area contributed by atoms with Crippen LogP contribution in [-0.2, 0) is 6.42 Å². The number of aliphatic hydroxyl groups is 1. The van der Waals surface area contributed by atoms with Gasteiger partial charge >= 0.3 is 0 Å². The molecule has 1 N–H and O–H groups in total. The lowest BCUT2D eigenvalue weighted by Crippen LogP contribution is -2.33. The van der Waals surface area contributed by atoms with E-state index >= 15 is 0 Å². The summed E-state index contributed by atoms with van der Waals surface area (Å²) in [5, 5.41) is 9.34. The third kappa shape index (κ3) is 2.83. The maximum absolute atomic E-state index is 9.34. The lowest BCUT2D eigenvalue weighted by atomic mass is 9.95. The lowest BCUT2D eigenvalue weighted by molar-refractivity contribution is 0.162. The number of rotatable bonds is 3. The van der Waals surface area contributed by atoms with Gasteiger partial charge in [-0.15, -0.1) is 0 Å². The van der Waals surface area contributed by atoms with Crippen molar-refractivity contribution in [2.75, 3.05) is 20.1 Å². The molecule has 1 aromatic heterocycles. The van der Waals surface area contributed by atoms with Crippen LogP contribution in [0.4, 0.5) is 0 Å². The minimum atomic E-state index is -0.560. The van der Waals surface area contributed by atoms with E-state index in [1.54, 1.807) is 13.1 Å². The highest BCUT2D eigenvalue weighted by molar-refractivity contribution is 4.97. The first-order valence-electron chi connectivity index (χ1n) is 5.96. The Morgan fingerprint density at radius 3 is 3.12 bits per heavy atom. The van der Waals surface area contributed by atoms with Gasteiger partial charge in [0.25, 0.3) is 0 Å². The molecule has 90 valence electrons. The molecular weight excluding hydrogens is 204 g/mol. The highest BCUT2D eigenvalue weighted by Gasteiger charge is 2.20. The zero-order valence-electron chi connectivity index (χ0n) is 10.0. The quantitative estimate of drug-likeness (QED) is 0.847. The van der Waals surface area contributed by atoms with E-state index < -0.39 is 6.10 Å². The Bertz CT molecular complexity index is 336. The van der Waals surface area contributed by atoms with Crippen LogP contribution in [-0.4, -0.2) is 35.1 Å². The average Bonchev–Trinajstić information content (AvgIpc) is 2.66. The summed E-state index contributed by atoms with van der Waals surface area (Å²) < 4.78 is 5.50. The Kier molecular flexibility index (Phi) is 3.61. The van der Waals surface area contributed by atoms with Crippen molar-refractivity contribution in [2.24, 2.45) is 5.92 Å². The van der Waals surface area contributed by atoms with Crippen molar-refractivity contribution in [1.82, 2.24) is 9.88 Å². The van der Waals surface area contributed by atoms with Crippen molar-refractivity contribution >= 4 is 0 Å². The Morgan fingerprint density at radius 1 is 1.69 bits per heavy atom. The molecule has 0 saturated carbocycles. The van der Waals surface area contributed by atoms with Crippen molar-refractivity contribution in [2.45, 2.75) is 32.3 Å². The van der Waals surface area contributed by atoms with Crippen molar-refractivity contribution in [1.29, 1.82) is 0 Å². The molecule has 0 radical (unpaired) electrons. The van der Waals surface area contributed by atoms with Gasteiger partial charge in [0, 0.05) is 13.0 Å². The minimum Gasteiger partial charge on any atom is -0.443 e. The van der Waals surface area contributed by atoms with E-state index in [1.165, 1.54) is 19.4 Å². The summed E-state index contributed by atoms with van der Waals surface area (Å²) >= 11 is 0. The number of hydrogen-bond donors (Lipinski definition) is 1.